The molecule has 0 amide bonds. The highest BCUT2D eigenvalue weighted by Crippen LogP contribution is 2.37. The van der Waals surface area contributed by atoms with Crippen LogP contribution in [0.3, 0.4) is 0 Å². The van der Waals surface area contributed by atoms with Crippen molar-refractivity contribution in [2.75, 3.05) is 6.61 Å². The van der Waals surface area contributed by atoms with E-state index >= 15 is 0 Å². The van der Waals surface area contributed by atoms with Crippen molar-refractivity contribution in [3.05, 3.63) is 35.8 Å². The van der Waals surface area contributed by atoms with Crippen LogP contribution in [-0.2, 0) is 4.43 Å². The van der Waals surface area contributed by atoms with Gasteiger partial charge in [-0.25, -0.2) is 0 Å². The molecule has 0 saturated carbocycles. The minimum absolute atomic E-state index is 0.0306. The Bertz CT molecular complexity index is 354. The summed E-state index contributed by atoms with van der Waals surface area (Å²) >= 11 is 0. The van der Waals surface area contributed by atoms with Crippen LogP contribution in [0.5, 0.6) is 0 Å². The molecule has 0 heterocycles. The Morgan fingerprint density at radius 1 is 1.37 bits per heavy atom. The molecule has 0 aromatic heterocycles. The maximum Gasteiger partial charge on any atom is 0.192 e. The molecular formula is C14H27N3OSi. The largest absolute Gasteiger partial charge is 0.416 e. The van der Waals surface area contributed by atoms with Gasteiger partial charge in [0.05, 0.1) is 0 Å². The second-order valence-electron chi connectivity index (χ2n) is 6.27. The number of azide groups is 1. The number of nitrogens with zero attached hydrogens (tertiary/aromatic N) is 3. The molecule has 0 rings (SSSR count). The maximum absolute atomic E-state index is 8.62. The summed E-state index contributed by atoms with van der Waals surface area (Å²) in [4.78, 5) is 2.90. The van der Waals surface area contributed by atoms with E-state index in [0.29, 0.717) is 13.0 Å². The van der Waals surface area contributed by atoms with Gasteiger partial charge in [-0.05, 0) is 30.1 Å². The summed E-state index contributed by atoms with van der Waals surface area (Å²) in [5.74, 6) is 0.0306. The second-order valence-corrected chi connectivity index (χ2v) is 11.1. The van der Waals surface area contributed by atoms with E-state index in [0.717, 1.165) is 0 Å². The zero-order valence-corrected chi connectivity index (χ0v) is 13.9. The third-order valence-electron chi connectivity index (χ3n) is 3.85. The van der Waals surface area contributed by atoms with E-state index in [9.17, 15) is 0 Å². The second kappa shape index (κ2) is 7.53. The van der Waals surface area contributed by atoms with Crippen LogP contribution in [-0.4, -0.2) is 21.0 Å². The first-order chi connectivity index (χ1) is 8.69. The topological polar surface area (TPSA) is 58.0 Å². The summed E-state index contributed by atoms with van der Waals surface area (Å²) in [5, 5.41) is 3.99. The molecule has 0 saturated heterocycles. The Balaban J connectivity index is 4.77. The van der Waals surface area contributed by atoms with Gasteiger partial charge in [-0.15, -0.1) is 13.2 Å². The van der Waals surface area contributed by atoms with Crippen LogP contribution < -0.4 is 0 Å². The lowest BCUT2D eigenvalue weighted by Gasteiger charge is -2.37. The molecule has 0 aromatic rings. The Kier molecular flexibility index (Phi) is 7.12. The van der Waals surface area contributed by atoms with Crippen molar-refractivity contribution in [2.24, 2.45) is 11.0 Å². The monoisotopic (exact) mass is 281 g/mol. The summed E-state index contributed by atoms with van der Waals surface area (Å²) in [5.41, 5.74) is 8.62. The molecule has 19 heavy (non-hydrogen) atoms. The van der Waals surface area contributed by atoms with E-state index in [1.165, 1.54) is 0 Å². The van der Waals surface area contributed by atoms with Crippen molar-refractivity contribution in [1.29, 1.82) is 0 Å². The fraction of sp³-hybridized carbons (Fsp3) is 0.714. The lowest BCUT2D eigenvalue weighted by atomic mass is 9.99. The quantitative estimate of drug-likeness (QED) is 0.201. The number of hydrogen-bond donors (Lipinski definition) is 0. The van der Waals surface area contributed by atoms with E-state index in [-0.39, 0.29) is 17.0 Å². The van der Waals surface area contributed by atoms with E-state index in [4.69, 9.17) is 9.96 Å². The van der Waals surface area contributed by atoms with Crippen molar-refractivity contribution in [3.8, 4) is 0 Å². The minimum Gasteiger partial charge on any atom is -0.416 e. The highest BCUT2D eigenvalue weighted by atomic mass is 28.4. The summed E-state index contributed by atoms with van der Waals surface area (Å²) < 4.78 is 6.17. The molecular weight excluding hydrogens is 254 g/mol. The van der Waals surface area contributed by atoms with Crippen LogP contribution in [0.25, 0.3) is 10.4 Å². The lowest BCUT2D eigenvalue weighted by molar-refractivity contribution is 0.234. The summed E-state index contributed by atoms with van der Waals surface area (Å²) in [6.07, 6.45) is 4.22. The predicted molar refractivity (Wildman–Crippen MR) is 84.6 cm³/mol. The van der Waals surface area contributed by atoms with Crippen LogP contribution >= 0.6 is 0 Å². The van der Waals surface area contributed by atoms with Crippen LogP contribution in [0, 0.1) is 5.92 Å². The van der Waals surface area contributed by atoms with Crippen LogP contribution in [0.2, 0.25) is 18.1 Å². The SMILES string of the molecule is C=CC[C@H](N=[N+]=[N-])[C@H](C=C)CO[Si](C)(C)C(C)(C)C. The number of hydrogen-bond acceptors (Lipinski definition) is 2. The molecule has 0 aliphatic heterocycles. The van der Waals surface area contributed by atoms with E-state index in [1.807, 2.05) is 6.08 Å². The standard InChI is InChI=1S/C14H27N3OSi/c1-8-10-13(16-17-15)12(9-2)11-18-19(6,7)14(3,4)5/h8-9,12-13H,1-2,10-11H2,3-7H3/t12-,13+/m1/s1. The fourth-order valence-electron chi connectivity index (χ4n) is 1.40. The molecule has 2 atom stereocenters. The lowest BCUT2D eigenvalue weighted by Crippen LogP contribution is -2.42. The minimum atomic E-state index is -1.78. The maximum atomic E-state index is 8.62. The molecule has 0 bridgehead atoms. The first kappa shape index (κ1) is 18.0. The van der Waals surface area contributed by atoms with E-state index in [1.54, 1.807) is 6.08 Å². The molecule has 0 spiro atoms. The third-order valence-corrected chi connectivity index (χ3v) is 8.35. The van der Waals surface area contributed by atoms with Crippen molar-refractivity contribution in [1.82, 2.24) is 0 Å². The van der Waals surface area contributed by atoms with Gasteiger partial charge in [-0.3, -0.25) is 0 Å². The highest BCUT2D eigenvalue weighted by molar-refractivity contribution is 6.74. The van der Waals surface area contributed by atoms with E-state index in [2.05, 4.69) is 57.0 Å². The Morgan fingerprint density at radius 3 is 2.32 bits per heavy atom. The third kappa shape index (κ3) is 5.64. The van der Waals surface area contributed by atoms with Gasteiger partial charge < -0.3 is 4.43 Å². The summed E-state index contributed by atoms with van der Waals surface area (Å²) in [7, 11) is -1.78. The van der Waals surface area contributed by atoms with Crippen molar-refractivity contribution in [2.45, 2.75) is 51.4 Å². The van der Waals surface area contributed by atoms with Gasteiger partial charge in [0.25, 0.3) is 0 Å². The average Bonchev–Trinajstić information content (AvgIpc) is 2.28. The highest BCUT2D eigenvalue weighted by Gasteiger charge is 2.37. The molecule has 0 N–H and O–H groups in total. The normalized spacial score (nSPS) is 15.2. The average molecular weight is 281 g/mol. The first-order valence-corrected chi connectivity index (χ1v) is 9.52. The van der Waals surface area contributed by atoms with Gasteiger partial charge in [0.2, 0.25) is 0 Å². The fourth-order valence-corrected chi connectivity index (χ4v) is 2.44. The molecule has 0 radical (unpaired) electrons. The Morgan fingerprint density at radius 2 is 1.95 bits per heavy atom. The summed E-state index contributed by atoms with van der Waals surface area (Å²) in [6.45, 7) is 19.1. The molecule has 0 unspecified atom stereocenters. The van der Waals surface area contributed by atoms with Gasteiger partial charge in [0, 0.05) is 23.5 Å². The van der Waals surface area contributed by atoms with Gasteiger partial charge in [0.15, 0.2) is 8.32 Å². The molecule has 4 nitrogen and oxygen atoms in total. The van der Waals surface area contributed by atoms with Crippen molar-refractivity contribution in [3.63, 3.8) is 0 Å². The predicted octanol–water partition coefficient (Wildman–Crippen LogP) is 5.07. The van der Waals surface area contributed by atoms with Crippen molar-refractivity contribution >= 4 is 8.32 Å². The first-order valence-electron chi connectivity index (χ1n) is 6.61. The molecule has 0 fully saturated rings. The van der Waals surface area contributed by atoms with Gasteiger partial charge in [-0.2, -0.15) is 0 Å². The molecule has 108 valence electrons. The van der Waals surface area contributed by atoms with Crippen LogP contribution in [0.1, 0.15) is 27.2 Å². The van der Waals surface area contributed by atoms with Crippen LogP contribution in [0.4, 0.5) is 0 Å². The zero-order valence-electron chi connectivity index (χ0n) is 12.9. The van der Waals surface area contributed by atoms with Crippen LogP contribution in [0.15, 0.2) is 30.4 Å². The van der Waals surface area contributed by atoms with Gasteiger partial charge in [0.1, 0.15) is 0 Å². The molecule has 0 aromatic carbocycles. The number of rotatable bonds is 8. The van der Waals surface area contributed by atoms with Gasteiger partial charge in [-0.1, -0.05) is 38.0 Å². The molecule has 0 aliphatic rings. The molecule has 0 aliphatic carbocycles. The zero-order chi connectivity index (χ0) is 15.1. The Labute approximate surface area is 118 Å². The smallest absolute Gasteiger partial charge is 0.192 e. The van der Waals surface area contributed by atoms with E-state index < -0.39 is 8.32 Å². The molecule has 5 heteroatoms. The Hall–Kier alpha value is -1.03. The van der Waals surface area contributed by atoms with Gasteiger partial charge >= 0.3 is 0 Å². The summed E-state index contributed by atoms with van der Waals surface area (Å²) in [6, 6.07) is -0.162. The van der Waals surface area contributed by atoms with Crippen molar-refractivity contribution < 1.29 is 4.43 Å².